The van der Waals surface area contributed by atoms with E-state index in [0.29, 0.717) is 52.9 Å². The van der Waals surface area contributed by atoms with E-state index in [2.05, 4.69) is 13.8 Å². The molecule has 0 aromatic heterocycles. The van der Waals surface area contributed by atoms with Gasteiger partial charge in [0.25, 0.3) is 0 Å². The van der Waals surface area contributed by atoms with Crippen LogP contribution in [-0.4, -0.2) is 66.1 Å². The van der Waals surface area contributed by atoms with Gasteiger partial charge in [-0.1, -0.05) is 162 Å². The molecule has 42 heavy (non-hydrogen) atoms. The molecule has 5 nitrogen and oxygen atoms in total. The minimum atomic E-state index is 0.609. The summed E-state index contributed by atoms with van der Waals surface area (Å²) in [5, 5.41) is 0. The van der Waals surface area contributed by atoms with Gasteiger partial charge in [0.05, 0.1) is 52.9 Å². The Kier molecular flexibility index (Phi) is 40.6. The summed E-state index contributed by atoms with van der Waals surface area (Å²) in [5.41, 5.74) is 0. The van der Waals surface area contributed by atoms with Gasteiger partial charge in [0.1, 0.15) is 0 Å². The molecule has 0 N–H and O–H groups in total. The lowest BCUT2D eigenvalue weighted by Crippen LogP contribution is -2.13. The molecule has 0 bridgehead atoms. The van der Waals surface area contributed by atoms with Crippen molar-refractivity contribution in [3.05, 3.63) is 0 Å². The zero-order chi connectivity index (χ0) is 30.3. The van der Waals surface area contributed by atoms with Crippen LogP contribution in [0.25, 0.3) is 0 Å². The van der Waals surface area contributed by atoms with Crippen molar-refractivity contribution in [3.63, 3.8) is 0 Å². The second-order valence-electron chi connectivity index (χ2n) is 12.2. The monoisotopic (exact) mass is 601 g/mol. The smallest absolute Gasteiger partial charge is 0.0701 e. The number of hydrogen-bond donors (Lipinski definition) is 0. The summed E-state index contributed by atoms with van der Waals surface area (Å²) in [7, 11) is 0. The summed E-state index contributed by atoms with van der Waals surface area (Å²) in [6, 6.07) is 0. The molecule has 5 heteroatoms. The van der Waals surface area contributed by atoms with E-state index in [1.807, 2.05) is 0 Å². The van der Waals surface area contributed by atoms with Gasteiger partial charge in [-0.15, -0.1) is 0 Å². The SMILES string of the molecule is CCCCCCCCCCCCCCCCOCCOCCOCCOCCOCCCCCCCCCCCCC. The zero-order valence-corrected chi connectivity index (χ0v) is 28.8. The predicted octanol–water partition coefficient (Wildman–Crippen LogP) is 10.9. The first-order valence-corrected chi connectivity index (χ1v) is 18.8. The van der Waals surface area contributed by atoms with Gasteiger partial charge in [0.15, 0.2) is 0 Å². The fraction of sp³-hybridized carbons (Fsp3) is 1.00. The first-order chi connectivity index (χ1) is 20.9. The van der Waals surface area contributed by atoms with Crippen LogP contribution in [0.2, 0.25) is 0 Å². The van der Waals surface area contributed by atoms with Crippen LogP contribution in [0.1, 0.15) is 174 Å². The van der Waals surface area contributed by atoms with Crippen LogP contribution in [0, 0.1) is 0 Å². The fourth-order valence-electron chi connectivity index (χ4n) is 5.25. The zero-order valence-electron chi connectivity index (χ0n) is 28.8. The van der Waals surface area contributed by atoms with Gasteiger partial charge in [-0.05, 0) is 12.8 Å². The number of ether oxygens (including phenoxy) is 5. The minimum Gasteiger partial charge on any atom is -0.379 e. The van der Waals surface area contributed by atoms with Gasteiger partial charge < -0.3 is 23.7 Å². The largest absolute Gasteiger partial charge is 0.379 e. The van der Waals surface area contributed by atoms with Crippen LogP contribution in [0.5, 0.6) is 0 Å². The molecule has 0 aliphatic rings. The lowest BCUT2D eigenvalue weighted by Gasteiger charge is -2.08. The van der Waals surface area contributed by atoms with E-state index in [1.54, 1.807) is 0 Å². The Bertz CT molecular complexity index is 408. The lowest BCUT2D eigenvalue weighted by molar-refractivity contribution is -0.0114. The van der Waals surface area contributed by atoms with Crippen LogP contribution in [-0.2, 0) is 23.7 Å². The summed E-state index contributed by atoms with van der Waals surface area (Å²) in [6.45, 7) is 11.4. The van der Waals surface area contributed by atoms with Crippen LogP contribution >= 0.6 is 0 Å². The van der Waals surface area contributed by atoms with Gasteiger partial charge in [0, 0.05) is 13.2 Å². The van der Waals surface area contributed by atoms with Crippen LogP contribution in [0.3, 0.4) is 0 Å². The second kappa shape index (κ2) is 40.8. The highest BCUT2D eigenvalue weighted by atomic mass is 16.6. The molecule has 0 amide bonds. The molecule has 0 saturated carbocycles. The molecule has 0 aromatic carbocycles. The van der Waals surface area contributed by atoms with Crippen molar-refractivity contribution >= 4 is 0 Å². The molecule has 254 valence electrons. The van der Waals surface area contributed by atoms with E-state index < -0.39 is 0 Å². The third-order valence-corrected chi connectivity index (χ3v) is 8.02. The van der Waals surface area contributed by atoms with Crippen molar-refractivity contribution in [1.29, 1.82) is 0 Å². The molecule has 0 aromatic rings. The highest BCUT2D eigenvalue weighted by Crippen LogP contribution is 2.13. The third kappa shape index (κ3) is 39.8. The quantitative estimate of drug-likeness (QED) is 0.0657. The molecular weight excluding hydrogens is 524 g/mol. The molecule has 0 aliphatic carbocycles. The molecule has 0 radical (unpaired) electrons. The molecule has 0 fully saturated rings. The molecule has 0 atom stereocenters. The topological polar surface area (TPSA) is 46.2 Å². The Morgan fingerprint density at radius 3 is 0.571 bits per heavy atom. The van der Waals surface area contributed by atoms with E-state index in [9.17, 15) is 0 Å². The molecule has 0 saturated heterocycles. The highest BCUT2D eigenvalue weighted by Gasteiger charge is 1.97. The number of rotatable bonds is 39. The Hall–Kier alpha value is -0.200. The van der Waals surface area contributed by atoms with E-state index in [0.717, 1.165) is 13.2 Å². The van der Waals surface area contributed by atoms with Gasteiger partial charge >= 0.3 is 0 Å². The van der Waals surface area contributed by atoms with Gasteiger partial charge in [-0.3, -0.25) is 0 Å². The van der Waals surface area contributed by atoms with Crippen LogP contribution in [0.15, 0.2) is 0 Å². The summed E-state index contributed by atoms with van der Waals surface area (Å²) in [6.07, 6.45) is 34.5. The van der Waals surface area contributed by atoms with Crippen LogP contribution in [0.4, 0.5) is 0 Å². The molecule has 0 rings (SSSR count). The first kappa shape index (κ1) is 41.8. The van der Waals surface area contributed by atoms with Crippen molar-refractivity contribution in [3.8, 4) is 0 Å². The van der Waals surface area contributed by atoms with E-state index in [4.69, 9.17) is 23.7 Å². The van der Waals surface area contributed by atoms with E-state index >= 15 is 0 Å². The molecular formula is C37H76O5. The Balaban J connectivity index is 3.02. The second-order valence-corrected chi connectivity index (χ2v) is 12.2. The summed E-state index contributed by atoms with van der Waals surface area (Å²) in [5.74, 6) is 0. The Labute approximate surface area is 263 Å². The lowest BCUT2D eigenvalue weighted by atomic mass is 10.0. The molecule has 0 spiro atoms. The molecule has 0 heterocycles. The van der Waals surface area contributed by atoms with Crippen molar-refractivity contribution in [1.82, 2.24) is 0 Å². The standard InChI is InChI=1S/C37H76O5/c1-3-5-7-9-11-13-15-16-17-19-21-23-25-27-29-39-31-33-41-35-37-42-36-34-40-32-30-38-28-26-24-22-20-18-14-12-10-8-6-4-2/h3-37H2,1-2H3. The van der Waals surface area contributed by atoms with Crippen LogP contribution < -0.4 is 0 Å². The van der Waals surface area contributed by atoms with Gasteiger partial charge in [0.2, 0.25) is 0 Å². The summed E-state index contributed by atoms with van der Waals surface area (Å²) >= 11 is 0. The Morgan fingerprint density at radius 1 is 0.190 bits per heavy atom. The maximum Gasteiger partial charge on any atom is 0.0701 e. The average molecular weight is 601 g/mol. The Morgan fingerprint density at radius 2 is 0.357 bits per heavy atom. The van der Waals surface area contributed by atoms with Gasteiger partial charge in [-0.25, -0.2) is 0 Å². The maximum absolute atomic E-state index is 5.69. The number of unbranched alkanes of at least 4 members (excludes halogenated alkanes) is 23. The van der Waals surface area contributed by atoms with Crippen molar-refractivity contribution in [2.24, 2.45) is 0 Å². The number of hydrogen-bond acceptors (Lipinski definition) is 5. The fourth-order valence-corrected chi connectivity index (χ4v) is 5.25. The first-order valence-electron chi connectivity index (χ1n) is 18.8. The maximum atomic E-state index is 5.69. The van der Waals surface area contributed by atoms with Crippen molar-refractivity contribution < 1.29 is 23.7 Å². The average Bonchev–Trinajstić information content (AvgIpc) is 3.00. The predicted molar refractivity (Wildman–Crippen MR) is 181 cm³/mol. The highest BCUT2D eigenvalue weighted by molar-refractivity contribution is 4.50. The van der Waals surface area contributed by atoms with Gasteiger partial charge in [-0.2, -0.15) is 0 Å². The van der Waals surface area contributed by atoms with Crippen molar-refractivity contribution in [2.75, 3.05) is 66.1 Å². The normalized spacial score (nSPS) is 11.6. The summed E-state index contributed by atoms with van der Waals surface area (Å²) < 4.78 is 28.1. The van der Waals surface area contributed by atoms with E-state index in [-0.39, 0.29) is 0 Å². The molecule has 0 unspecified atom stereocenters. The van der Waals surface area contributed by atoms with Crippen molar-refractivity contribution in [2.45, 2.75) is 174 Å². The molecule has 0 aliphatic heterocycles. The summed E-state index contributed by atoms with van der Waals surface area (Å²) in [4.78, 5) is 0. The third-order valence-electron chi connectivity index (χ3n) is 8.02. The minimum absolute atomic E-state index is 0.609. The van der Waals surface area contributed by atoms with E-state index in [1.165, 1.54) is 161 Å².